The Labute approximate surface area is 144 Å². The summed E-state index contributed by atoms with van der Waals surface area (Å²) in [5.41, 5.74) is 2.03. The van der Waals surface area contributed by atoms with Crippen LogP contribution in [0.3, 0.4) is 0 Å². The zero-order valence-corrected chi connectivity index (χ0v) is 14.7. The summed E-state index contributed by atoms with van der Waals surface area (Å²) in [6.07, 6.45) is 0. The molecule has 1 atom stereocenters. The third-order valence-electron chi connectivity index (χ3n) is 3.67. The third-order valence-corrected chi connectivity index (χ3v) is 4.52. The Balaban J connectivity index is 1.68. The number of benzene rings is 1. The van der Waals surface area contributed by atoms with Crippen LogP contribution in [0.15, 0.2) is 29.4 Å². The fourth-order valence-electron chi connectivity index (χ4n) is 2.62. The highest BCUT2D eigenvalue weighted by Crippen LogP contribution is 2.21. The molecule has 2 heterocycles. The summed E-state index contributed by atoms with van der Waals surface area (Å²) in [5, 5.41) is 10.4. The van der Waals surface area contributed by atoms with Gasteiger partial charge in [0.1, 0.15) is 11.6 Å². The number of aromatic nitrogens is 5. The van der Waals surface area contributed by atoms with Crippen molar-refractivity contribution >= 4 is 28.7 Å². The summed E-state index contributed by atoms with van der Waals surface area (Å²) in [6.45, 7) is 6.66. The van der Waals surface area contributed by atoms with Gasteiger partial charge < -0.3 is 9.88 Å². The summed E-state index contributed by atoms with van der Waals surface area (Å²) in [6, 6.07) is 7.84. The van der Waals surface area contributed by atoms with Gasteiger partial charge in [0.25, 0.3) is 0 Å². The van der Waals surface area contributed by atoms with Gasteiger partial charge in [-0.05, 0) is 32.9 Å². The molecule has 0 saturated carbocycles. The minimum absolute atomic E-state index is 0.0651. The molecule has 0 bridgehead atoms. The van der Waals surface area contributed by atoms with Gasteiger partial charge in [0, 0.05) is 6.54 Å². The van der Waals surface area contributed by atoms with Crippen molar-refractivity contribution in [3.8, 4) is 0 Å². The number of carbonyl (C=O) groups is 1. The number of nitrogens with zero attached hydrogens (tertiary/aromatic N) is 4. The van der Waals surface area contributed by atoms with E-state index >= 15 is 0 Å². The van der Waals surface area contributed by atoms with Gasteiger partial charge in [-0.1, -0.05) is 23.9 Å². The Bertz CT molecular complexity index is 855. The predicted octanol–water partition coefficient (Wildman–Crippen LogP) is 2.45. The second-order valence-electron chi connectivity index (χ2n) is 5.48. The number of aryl methyl sites for hydroxylation is 2. The lowest BCUT2D eigenvalue weighted by atomic mass is 10.3. The second kappa shape index (κ2) is 7.04. The lowest BCUT2D eigenvalue weighted by Crippen LogP contribution is -2.30. The summed E-state index contributed by atoms with van der Waals surface area (Å²) in [4.78, 5) is 21.0. The van der Waals surface area contributed by atoms with Gasteiger partial charge in [-0.15, -0.1) is 5.10 Å². The van der Waals surface area contributed by atoms with Crippen LogP contribution in [0.5, 0.6) is 0 Å². The van der Waals surface area contributed by atoms with Crippen LogP contribution in [0, 0.1) is 6.92 Å². The van der Waals surface area contributed by atoms with E-state index in [1.807, 2.05) is 38.1 Å². The number of para-hydroxylation sites is 2. The number of H-pyrrole nitrogens is 1. The van der Waals surface area contributed by atoms with Crippen molar-refractivity contribution in [2.24, 2.45) is 0 Å². The number of hydrogen-bond acceptors (Lipinski definition) is 5. The zero-order chi connectivity index (χ0) is 17.1. The van der Waals surface area contributed by atoms with Crippen molar-refractivity contribution < 1.29 is 4.79 Å². The Morgan fingerprint density at radius 1 is 1.38 bits per heavy atom. The molecule has 24 heavy (non-hydrogen) atoms. The molecule has 1 aromatic carbocycles. The number of aromatic amines is 1. The first kappa shape index (κ1) is 16.5. The van der Waals surface area contributed by atoms with E-state index in [1.54, 1.807) is 0 Å². The maximum absolute atomic E-state index is 12.2. The van der Waals surface area contributed by atoms with Crippen molar-refractivity contribution in [3.05, 3.63) is 35.9 Å². The number of imidazole rings is 1. The normalized spacial score (nSPS) is 12.5. The van der Waals surface area contributed by atoms with Crippen molar-refractivity contribution in [2.45, 2.75) is 38.5 Å². The zero-order valence-electron chi connectivity index (χ0n) is 13.9. The fraction of sp³-hybridized carbons (Fsp3) is 0.375. The molecule has 1 amide bonds. The Morgan fingerprint density at radius 2 is 2.17 bits per heavy atom. The molecular formula is C16H20N6OS. The molecule has 0 aliphatic carbocycles. The molecule has 2 N–H and O–H groups in total. The molecule has 0 fully saturated rings. The molecule has 0 spiro atoms. The molecule has 0 aliphatic rings. The highest BCUT2D eigenvalue weighted by Gasteiger charge is 2.18. The van der Waals surface area contributed by atoms with E-state index in [-0.39, 0.29) is 17.7 Å². The van der Waals surface area contributed by atoms with Gasteiger partial charge in [-0.2, -0.15) is 0 Å². The summed E-state index contributed by atoms with van der Waals surface area (Å²) >= 11 is 1.31. The molecule has 0 radical (unpaired) electrons. The quantitative estimate of drug-likeness (QED) is 0.671. The molecular weight excluding hydrogens is 324 g/mol. The third kappa shape index (κ3) is 3.43. The van der Waals surface area contributed by atoms with Crippen LogP contribution < -0.4 is 5.32 Å². The van der Waals surface area contributed by atoms with E-state index in [4.69, 9.17) is 0 Å². The van der Waals surface area contributed by atoms with Gasteiger partial charge >= 0.3 is 0 Å². The smallest absolute Gasteiger partial charge is 0.231 e. The number of carbonyl (C=O) groups excluding carboxylic acids is 1. The summed E-state index contributed by atoms with van der Waals surface area (Å²) in [5.74, 6) is 1.81. The summed E-state index contributed by atoms with van der Waals surface area (Å²) < 4.78 is 2.13. The van der Waals surface area contributed by atoms with Crippen LogP contribution in [0.25, 0.3) is 11.0 Å². The van der Waals surface area contributed by atoms with Crippen molar-refractivity contribution in [1.82, 2.24) is 30.0 Å². The number of nitrogens with one attached hydrogen (secondary N) is 2. The van der Waals surface area contributed by atoms with E-state index < -0.39 is 0 Å². The first-order valence-corrected chi connectivity index (χ1v) is 8.83. The SMILES string of the molecule is CCn1c([C@@H](C)NC(=O)CSc2n[nH]c(C)n2)nc2ccccc21. The first-order valence-electron chi connectivity index (χ1n) is 7.84. The van der Waals surface area contributed by atoms with Crippen molar-refractivity contribution in [2.75, 3.05) is 5.75 Å². The van der Waals surface area contributed by atoms with Gasteiger partial charge in [0.05, 0.1) is 22.8 Å². The number of hydrogen-bond donors (Lipinski definition) is 2. The first-order chi connectivity index (χ1) is 11.6. The van der Waals surface area contributed by atoms with Crippen molar-refractivity contribution in [1.29, 1.82) is 0 Å². The minimum atomic E-state index is -0.167. The Kier molecular flexibility index (Phi) is 4.84. The molecule has 2 aromatic heterocycles. The lowest BCUT2D eigenvalue weighted by molar-refractivity contribution is -0.119. The number of amides is 1. The van der Waals surface area contributed by atoms with Crippen LogP contribution >= 0.6 is 11.8 Å². The van der Waals surface area contributed by atoms with E-state index in [2.05, 4.69) is 37.0 Å². The molecule has 3 aromatic rings. The summed E-state index contributed by atoms with van der Waals surface area (Å²) in [7, 11) is 0. The lowest BCUT2D eigenvalue weighted by Gasteiger charge is -2.15. The number of fused-ring (bicyclic) bond motifs is 1. The fourth-order valence-corrected chi connectivity index (χ4v) is 3.28. The Hall–Kier alpha value is -2.35. The largest absolute Gasteiger partial charge is 0.346 e. The minimum Gasteiger partial charge on any atom is -0.346 e. The van der Waals surface area contributed by atoms with Gasteiger partial charge in [0.2, 0.25) is 11.1 Å². The van der Waals surface area contributed by atoms with Crippen LogP contribution in [0.1, 0.15) is 31.5 Å². The molecule has 8 heteroatoms. The van der Waals surface area contributed by atoms with Gasteiger partial charge in [-0.3, -0.25) is 9.89 Å². The van der Waals surface area contributed by atoms with E-state index in [9.17, 15) is 4.79 Å². The standard InChI is InChI=1S/C16H20N6OS/c1-4-22-13-8-6-5-7-12(13)19-15(22)10(2)17-14(23)9-24-16-18-11(3)20-21-16/h5-8,10H,4,9H2,1-3H3,(H,17,23)(H,18,20,21)/t10-/m1/s1. The highest BCUT2D eigenvalue weighted by atomic mass is 32.2. The van der Waals surface area contributed by atoms with Gasteiger partial charge in [-0.25, -0.2) is 9.97 Å². The van der Waals surface area contributed by atoms with E-state index in [1.165, 1.54) is 11.8 Å². The molecule has 0 unspecified atom stereocenters. The molecule has 3 rings (SSSR count). The molecule has 0 saturated heterocycles. The highest BCUT2D eigenvalue weighted by molar-refractivity contribution is 7.99. The second-order valence-corrected chi connectivity index (χ2v) is 6.43. The van der Waals surface area contributed by atoms with Crippen LogP contribution in [0.4, 0.5) is 0 Å². The van der Waals surface area contributed by atoms with Crippen LogP contribution in [-0.4, -0.2) is 36.4 Å². The monoisotopic (exact) mass is 344 g/mol. The van der Waals surface area contributed by atoms with E-state index in [0.717, 1.165) is 29.2 Å². The molecule has 7 nitrogen and oxygen atoms in total. The van der Waals surface area contributed by atoms with Crippen LogP contribution in [0.2, 0.25) is 0 Å². The van der Waals surface area contributed by atoms with E-state index in [0.29, 0.717) is 5.16 Å². The Morgan fingerprint density at radius 3 is 2.88 bits per heavy atom. The van der Waals surface area contributed by atoms with Crippen LogP contribution in [-0.2, 0) is 11.3 Å². The number of thioether (sulfide) groups is 1. The number of rotatable bonds is 6. The molecule has 126 valence electrons. The average molecular weight is 344 g/mol. The topological polar surface area (TPSA) is 88.5 Å². The van der Waals surface area contributed by atoms with Gasteiger partial charge in [0.15, 0.2) is 0 Å². The van der Waals surface area contributed by atoms with Crippen molar-refractivity contribution in [3.63, 3.8) is 0 Å². The molecule has 0 aliphatic heterocycles. The maximum Gasteiger partial charge on any atom is 0.231 e. The average Bonchev–Trinajstić information content (AvgIpc) is 3.16. The maximum atomic E-state index is 12.2. The predicted molar refractivity (Wildman–Crippen MR) is 93.8 cm³/mol.